The largest absolute Gasteiger partial charge is 0.491 e. The monoisotopic (exact) mass is 527 g/mol. The molecule has 0 aromatic heterocycles. The molecule has 2 amide bonds. The van der Waals surface area contributed by atoms with Crippen molar-refractivity contribution in [1.82, 2.24) is 10.2 Å². The van der Waals surface area contributed by atoms with Crippen molar-refractivity contribution in [3.05, 3.63) is 82.9 Å². The van der Waals surface area contributed by atoms with Crippen molar-refractivity contribution in [3.63, 3.8) is 0 Å². The zero-order chi connectivity index (χ0) is 26.4. The van der Waals surface area contributed by atoms with Crippen LogP contribution < -0.4 is 24.4 Å². The molecule has 4 heterocycles. The summed E-state index contributed by atoms with van der Waals surface area (Å²) in [6.07, 6.45) is 0. The van der Waals surface area contributed by atoms with E-state index in [2.05, 4.69) is 10.2 Å². The van der Waals surface area contributed by atoms with E-state index in [1.54, 1.807) is 0 Å². The Morgan fingerprint density at radius 2 is 1.67 bits per heavy atom. The molecule has 4 aliphatic rings. The second-order valence-electron chi connectivity index (χ2n) is 10.2. The lowest BCUT2D eigenvalue weighted by atomic mass is 9.77. The fourth-order valence-corrected chi connectivity index (χ4v) is 5.92. The summed E-state index contributed by atoms with van der Waals surface area (Å²) >= 11 is 0. The molecule has 9 nitrogen and oxygen atoms in total. The Morgan fingerprint density at radius 1 is 0.897 bits per heavy atom. The van der Waals surface area contributed by atoms with Crippen LogP contribution in [0.3, 0.4) is 0 Å². The lowest BCUT2D eigenvalue weighted by Gasteiger charge is -2.26. The number of rotatable bonds is 6. The van der Waals surface area contributed by atoms with Crippen LogP contribution in [0.2, 0.25) is 0 Å². The summed E-state index contributed by atoms with van der Waals surface area (Å²) in [7, 11) is 0. The van der Waals surface area contributed by atoms with Crippen LogP contribution in [0.4, 0.5) is 5.69 Å². The number of morpholine rings is 1. The molecule has 3 aromatic carbocycles. The average Bonchev–Trinajstić information content (AvgIpc) is 3.65. The number of hydrogen-bond donors (Lipinski definition) is 1. The molecule has 4 aliphatic heterocycles. The minimum absolute atomic E-state index is 0.0359. The molecule has 9 heteroatoms. The van der Waals surface area contributed by atoms with Crippen LogP contribution in [0.1, 0.15) is 27.0 Å². The van der Waals surface area contributed by atoms with E-state index in [-0.39, 0.29) is 25.2 Å². The highest BCUT2D eigenvalue weighted by Crippen LogP contribution is 2.55. The minimum atomic E-state index is -0.937. The van der Waals surface area contributed by atoms with Crippen molar-refractivity contribution in [3.8, 4) is 17.2 Å². The Hall–Kier alpha value is -4.08. The molecule has 1 fully saturated rings. The van der Waals surface area contributed by atoms with E-state index in [1.807, 2.05) is 65.6 Å². The van der Waals surface area contributed by atoms with Crippen molar-refractivity contribution in [2.24, 2.45) is 0 Å². The topological polar surface area (TPSA) is 89.6 Å². The Kier molecular flexibility index (Phi) is 5.90. The molecule has 0 aliphatic carbocycles. The molecule has 0 bridgehead atoms. The van der Waals surface area contributed by atoms with Crippen molar-refractivity contribution < 1.29 is 28.5 Å². The number of nitrogens with one attached hydrogen (secondary N) is 1. The van der Waals surface area contributed by atoms with Crippen LogP contribution >= 0.6 is 0 Å². The first-order valence-corrected chi connectivity index (χ1v) is 13.3. The van der Waals surface area contributed by atoms with Crippen LogP contribution in [0, 0.1) is 0 Å². The minimum Gasteiger partial charge on any atom is -0.491 e. The standard InChI is InChI=1S/C30H29N3O6/c34-28(31-9-10-32-11-13-36-14-12-32)21-7-5-20(6-8-21)17-33-24-4-2-1-3-22(24)30(29(33)35)18-37-25-16-27-26(15-23(25)30)38-19-39-27/h1-8,15-16H,9-14,17-19H2,(H,31,34). The molecular weight excluding hydrogens is 498 g/mol. The Labute approximate surface area is 226 Å². The van der Waals surface area contributed by atoms with Gasteiger partial charge in [0.1, 0.15) is 17.8 Å². The summed E-state index contributed by atoms with van der Waals surface area (Å²) in [6, 6.07) is 19.0. The number of carbonyl (C=O) groups excluding carboxylic acids is 2. The van der Waals surface area contributed by atoms with E-state index in [0.29, 0.717) is 35.9 Å². The third-order valence-corrected chi connectivity index (χ3v) is 8.02. The van der Waals surface area contributed by atoms with Gasteiger partial charge in [-0.05, 0) is 35.4 Å². The van der Waals surface area contributed by atoms with Gasteiger partial charge < -0.3 is 29.2 Å². The summed E-state index contributed by atoms with van der Waals surface area (Å²) in [4.78, 5) is 30.9. The van der Waals surface area contributed by atoms with E-state index >= 15 is 0 Å². The third-order valence-electron chi connectivity index (χ3n) is 8.02. The first-order valence-electron chi connectivity index (χ1n) is 13.3. The average molecular weight is 528 g/mol. The number of ether oxygens (including phenoxy) is 4. The SMILES string of the molecule is O=C(NCCN1CCOCC1)c1ccc(CN2C(=O)C3(COc4cc5c(cc43)OCO5)c3ccccc32)cc1. The van der Waals surface area contributed by atoms with Gasteiger partial charge in [0, 0.05) is 49.1 Å². The van der Waals surface area contributed by atoms with Crippen molar-refractivity contribution in [1.29, 1.82) is 0 Å². The van der Waals surface area contributed by atoms with E-state index < -0.39 is 5.41 Å². The van der Waals surface area contributed by atoms with Crippen LogP contribution in [0.15, 0.2) is 60.7 Å². The first-order chi connectivity index (χ1) is 19.1. The molecule has 1 atom stereocenters. The number of carbonyl (C=O) groups is 2. The lowest BCUT2D eigenvalue weighted by molar-refractivity contribution is -0.122. The second-order valence-corrected chi connectivity index (χ2v) is 10.2. The van der Waals surface area contributed by atoms with Gasteiger partial charge in [-0.2, -0.15) is 0 Å². The zero-order valence-corrected chi connectivity index (χ0v) is 21.5. The van der Waals surface area contributed by atoms with E-state index in [0.717, 1.165) is 55.2 Å². The highest BCUT2D eigenvalue weighted by molar-refractivity contribution is 6.11. The molecule has 1 saturated heterocycles. The Balaban J connectivity index is 1.09. The molecule has 7 rings (SSSR count). The Bertz CT molecular complexity index is 1440. The van der Waals surface area contributed by atoms with Gasteiger partial charge in [-0.3, -0.25) is 14.5 Å². The number of nitrogens with zero attached hydrogens (tertiary/aromatic N) is 2. The van der Waals surface area contributed by atoms with Crippen molar-refractivity contribution >= 4 is 17.5 Å². The predicted octanol–water partition coefficient (Wildman–Crippen LogP) is 2.70. The summed E-state index contributed by atoms with van der Waals surface area (Å²) in [5.41, 5.74) is 3.18. The molecule has 0 saturated carbocycles. The highest BCUT2D eigenvalue weighted by atomic mass is 16.7. The molecule has 3 aromatic rings. The predicted molar refractivity (Wildman–Crippen MR) is 143 cm³/mol. The number of fused-ring (bicyclic) bond motifs is 5. The molecule has 39 heavy (non-hydrogen) atoms. The molecule has 1 spiro atoms. The fraction of sp³-hybridized carbons (Fsp3) is 0.333. The van der Waals surface area contributed by atoms with Gasteiger partial charge in [-0.1, -0.05) is 30.3 Å². The first kappa shape index (κ1) is 24.0. The molecule has 1 unspecified atom stereocenters. The van der Waals surface area contributed by atoms with Crippen LogP contribution in [0.5, 0.6) is 17.2 Å². The van der Waals surface area contributed by atoms with Gasteiger partial charge in [-0.15, -0.1) is 0 Å². The smallest absolute Gasteiger partial charge is 0.251 e. The van der Waals surface area contributed by atoms with Crippen molar-refractivity contribution in [2.45, 2.75) is 12.0 Å². The number of para-hydroxylation sites is 1. The number of hydrogen-bond acceptors (Lipinski definition) is 7. The quantitative estimate of drug-likeness (QED) is 0.527. The Morgan fingerprint density at radius 3 is 2.49 bits per heavy atom. The van der Waals surface area contributed by atoms with Gasteiger partial charge in [-0.25, -0.2) is 0 Å². The molecule has 0 radical (unpaired) electrons. The molecule has 200 valence electrons. The van der Waals surface area contributed by atoms with Gasteiger partial charge in [0.15, 0.2) is 11.5 Å². The van der Waals surface area contributed by atoms with E-state index in [4.69, 9.17) is 18.9 Å². The van der Waals surface area contributed by atoms with Gasteiger partial charge >= 0.3 is 0 Å². The van der Waals surface area contributed by atoms with Crippen LogP contribution in [-0.4, -0.2) is 69.5 Å². The zero-order valence-electron chi connectivity index (χ0n) is 21.5. The van der Waals surface area contributed by atoms with Crippen molar-refractivity contribution in [2.75, 3.05) is 57.7 Å². The maximum absolute atomic E-state index is 14.2. The fourth-order valence-electron chi connectivity index (χ4n) is 5.92. The van der Waals surface area contributed by atoms with E-state index in [1.165, 1.54) is 0 Å². The summed E-state index contributed by atoms with van der Waals surface area (Å²) < 4.78 is 22.6. The maximum Gasteiger partial charge on any atom is 0.251 e. The van der Waals surface area contributed by atoms with Crippen LogP contribution in [-0.2, 0) is 21.5 Å². The van der Waals surface area contributed by atoms with E-state index in [9.17, 15) is 9.59 Å². The summed E-state index contributed by atoms with van der Waals surface area (Å²) in [5.74, 6) is 1.77. The summed E-state index contributed by atoms with van der Waals surface area (Å²) in [6.45, 7) is 5.43. The summed E-state index contributed by atoms with van der Waals surface area (Å²) in [5, 5.41) is 3.00. The highest BCUT2D eigenvalue weighted by Gasteiger charge is 2.57. The number of anilines is 1. The van der Waals surface area contributed by atoms with Gasteiger partial charge in [0.05, 0.1) is 19.8 Å². The number of benzene rings is 3. The van der Waals surface area contributed by atoms with Gasteiger partial charge in [0.25, 0.3) is 5.91 Å². The molecular formula is C30H29N3O6. The van der Waals surface area contributed by atoms with Gasteiger partial charge in [0.2, 0.25) is 12.7 Å². The number of amides is 2. The normalized spacial score (nSPS) is 21.1. The molecule has 1 N–H and O–H groups in total. The maximum atomic E-state index is 14.2. The third kappa shape index (κ3) is 4.00. The van der Waals surface area contributed by atoms with Crippen LogP contribution in [0.25, 0.3) is 0 Å². The lowest BCUT2D eigenvalue weighted by Crippen LogP contribution is -2.42. The second kappa shape index (κ2) is 9.59.